The van der Waals surface area contributed by atoms with E-state index in [0.29, 0.717) is 18.0 Å². The third kappa shape index (κ3) is 5.90. The van der Waals surface area contributed by atoms with Gasteiger partial charge in [-0.25, -0.2) is 4.39 Å². The first-order valence-corrected chi connectivity index (χ1v) is 10.0. The van der Waals surface area contributed by atoms with Crippen LogP contribution >= 0.6 is 12.4 Å². The number of aliphatic hydroxyl groups excluding tert-OH is 1. The van der Waals surface area contributed by atoms with E-state index in [0.717, 1.165) is 31.5 Å². The van der Waals surface area contributed by atoms with E-state index in [1.165, 1.54) is 17.0 Å². The predicted octanol–water partition coefficient (Wildman–Crippen LogP) is 2.35. The number of halogens is 2. The van der Waals surface area contributed by atoms with Crippen LogP contribution < -0.4 is 10.9 Å². The zero-order chi connectivity index (χ0) is 20.8. The Labute approximate surface area is 182 Å². The van der Waals surface area contributed by atoms with Gasteiger partial charge >= 0.3 is 0 Å². The molecular formula is C22H29ClFN3O3. The Kier molecular flexibility index (Phi) is 9.02. The number of pyridine rings is 1. The monoisotopic (exact) mass is 437 g/mol. The van der Waals surface area contributed by atoms with Crippen molar-refractivity contribution in [2.75, 3.05) is 26.2 Å². The van der Waals surface area contributed by atoms with Crippen LogP contribution in [0.3, 0.4) is 0 Å². The minimum Gasteiger partial charge on any atom is -0.395 e. The van der Waals surface area contributed by atoms with Crippen LogP contribution in [0.5, 0.6) is 0 Å². The lowest BCUT2D eigenvalue weighted by Crippen LogP contribution is -2.40. The smallest absolute Gasteiger partial charge is 0.263 e. The zero-order valence-electron chi connectivity index (χ0n) is 17.1. The summed E-state index contributed by atoms with van der Waals surface area (Å²) >= 11 is 0. The van der Waals surface area contributed by atoms with Gasteiger partial charge in [0, 0.05) is 25.8 Å². The summed E-state index contributed by atoms with van der Waals surface area (Å²) in [6.07, 6.45) is 3.89. The third-order valence-electron chi connectivity index (χ3n) is 5.39. The van der Waals surface area contributed by atoms with Gasteiger partial charge in [0.1, 0.15) is 11.4 Å². The van der Waals surface area contributed by atoms with Crippen LogP contribution in [0.15, 0.2) is 41.3 Å². The van der Waals surface area contributed by atoms with Crippen molar-refractivity contribution in [2.45, 2.75) is 32.9 Å². The van der Waals surface area contributed by atoms with Crippen molar-refractivity contribution >= 4 is 18.3 Å². The van der Waals surface area contributed by atoms with Crippen LogP contribution in [0.25, 0.3) is 0 Å². The van der Waals surface area contributed by atoms with Crippen LogP contribution in [-0.2, 0) is 13.1 Å². The quantitative estimate of drug-likeness (QED) is 0.697. The number of rotatable bonds is 7. The molecule has 2 N–H and O–H groups in total. The fourth-order valence-corrected chi connectivity index (χ4v) is 3.77. The second kappa shape index (κ2) is 11.2. The summed E-state index contributed by atoms with van der Waals surface area (Å²) in [6.45, 7) is 4.26. The lowest BCUT2D eigenvalue weighted by atomic mass is 9.99. The number of carbonyl (C=O) groups excluding carboxylic acids is 1. The lowest BCUT2D eigenvalue weighted by Gasteiger charge is -2.25. The van der Waals surface area contributed by atoms with E-state index in [9.17, 15) is 19.1 Å². The Balaban J connectivity index is 0.00000320. The molecule has 1 fully saturated rings. The van der Waals surface area contributed by atoms with Gasteiger partial charge in [0.2, 0.25) is 0 Å². The van der Waals surface area contributed by atoms with E-state index in [1.54, 1.807) is 35.9 Å². The fourth-order valence-electron chi connectivity index (χ4n) is 3.77. The number of aliphatic hydroxyl groups is 1. The SMILES string of the molecule is Cc1ccn(CC2CCCNC2)c(=O)c1C(=O)N(CCO)Cc1ccc(F)cc1.Cl. The number of aryl methyl sites for hydroxylation is 1. The molecule has 3 rings (SSSR count). The number of nitrogens with zero attached hydrogens (tertiary/aromatic N) is 2. The first-order chi connectivity index (χ1) is 14.0. The molecule has 2 aromatic rings. The van der Waals surface area contributed by atoms with Crippen molar-refractivity contribution in [1.29, 1.82) is 0 Å². The summed E-state index contributed by atoms with van der Waals surface area (Å²) in [4.78, 5) is 27.7. The molecule has 0 saturated carbocycles. The van der Waals surface area contributed by atoms with E-state index in [-0.39, 0.29) is 49.0 Å². The van der Waals surface area contributed by atoms with Gasteiger partial charge in [-0.2, -0.15) is 0 Å². The number of hydrogen-bond donors (Lipinski definition) is 2. The summed E-state index contributed by atoms with van der Waals surface area (Å²) < 4.78 is 14.8. The summed E-state index contributed by atoms with van der Waals surface area (Å²) in [5, 5.41) is 12.8. The van der Waals surface area contributed by atoms with Crippen molar-refractivity contribution in [3.05, 3.63) is 69.4 Å². The largest absolute Gasteiger partial charge is 0.395 e. The van der Waals surface area contributed by atoms with Crippen LogP contribution in [0.4, 0.5) is 4.39 Å². The highest BCUT2D eigenvalue weighted by Gasteiger charge is 2.23. The second-order valence-electron chi connectivity index (χ2n) is 7.62. The van der Waals surface area contributed by atoms with Crippen molar-refractivity contribution in [3.63, 3.8) is 0 Å². The van der Waals surface area contributed by atoms with Gasteiger partial charge in [-0.3, -0.25) is 9.59 Å². The first-order valence-electron chi connectivity index (χ1n) is 10.0. The molecule has 1 aliphatic rings. The normalized spacial score (nSPS) is 16.0. The highest BCUT2D eigenvalue weighted by molar-refractivity contribution is 5.95. The Morgan fingerprint density at radius 2 is 2.03 bits per heavy atom. The highest BCUT2D eigenvalue weighted by Crippen LogP contribution is 2.14. The Hall–Kier alpha value is -2.22. The number of hydrogen-bond acceptors (Lipinski definition) is 4. The van der Waals surface area contributed by atoms with Gasteiger partial charge in [0.05, 0.1) is 6.61 Å². The van der Waals surface area contributed by atoms with Gasteiger partial charge in [-0.05, 0) is 68.1 Å². The van der Waals surface area contributed by atoms with E-state index in [1.807, 2.05) is 0 Å². The topological polar surface area (TPSA) is 74.6 Å². The number of benzene rings is 1. The van der Waals surface area contributed by atoms with E-state index in [4.69, 9.17) is 0 Å². The van der Waals surface area contributed by atoms with E-state index in [2.05, 4.69) is 5.32 Å². The highest BCUT2D eigenvalue weighted by atomic mass is 35.5. The van der Waals surface area contributed by atoms with E-state index >= 15 is 0 Å². The summed E-state index contributed by atoms with van der Waals surface area (Å²) in [6, 6.07) is 7.64. The van der Waals surface area contributed by atoms with Crippen molar-refractivity contribution in [3.8, 4) is 0 Å². The molecule has 8 heteroatoms. The molecule has 1 amide bonds. The Morgan fingerprint density at radius 1 is 1.30 bits per heavy atom. The van der Waals surface area contributed by atoms with Crippen LogP contribution in [0.2, 0.25) is 0 Å². The van der Waals surface area contributed by atoms with Crippen LogP contribution in [0, 0.1) is 18.7 Å². The molecule has 1 aromatic heterocycles. The van der Waals surface area contributed by atoms with Gasteiger partial charge in [0.25, 0.3) is 11.5 Å². The predicted molar refractivity (Wildman–Crippen MR) is 117 cm³/mol. The van der Waals surface area contributed by atoms with Crippen molar-refractivity contribution < 1.29 is 14.3 Å². The molecule has 1 saturated heterocycles. The molecule has 30 heavy (non-hydrogen) atoms. The number of piperidine rings is 1. The molecule has 0 spiro atoms. The average molecular weight is 438 g/mol. The number of nitrogens with one attached hydrogen (secondary N) is 1. The molecular weight excluding hydrogens is 409 g/mol. The van der Waals surface area contributed by atoms with Crippen LogP contribution in [0.1, 0.15) is 34.3 Å². The molecule has 0 aliphatic carbocycles. The first kappa shape index (κ1) is 24.1. The molecule has 6 nitrogen and oxygen atoms in total. The maximum Gasteiger partial charge on any atom is 0.263 e. The summed E-state index contributed by atoms with van der Waals surface area (Å²) in [7, 11) is 0. The van der Waals surface area contributed by atoms with Gasteiger partial charge in [0.15, 0.2) is 0 Å². The lowest BCUT2D eigenvalue weighted by molar-refractivity contribution is 0.0704. The number of carbonyl (C=O) groups is 1. The van der Waals surface area contributed by atoms with Gasteiger partial charge in [-0.1, -0.05) is 12.1 Å². The van der Waals surface area contributed by atoms with Crippen LogP contribution in [-0.4, -0.2) is 46.7 Å². The average Bonchev–Trinajstić information content (AvgIpc) is 2.72. The fraction of sp³-hybridized carbons (Fsp3) is 0.455. The minimum absolute atomic E-state index is 0. The van der Waals surface area contributed by atoms with Crippen molar-refractivity contribution in [1.82, 2.24) is 14.8 Å². The molecule has 1 aromatic carbocycles. The molecule has 0 bridgehead atoms. The summed E-state index contributed by atoms with van der Waals surface area (Å²) in [5.74, 6) is -0.408. The molecule has 1 atom stereocenters. The summed E-state index contributed by atoms with van der Waals surface area (Å²) in [5.41, 5.74) is 1.17. The molecule has 0 radical (unpaired) electrons. The zero-order valence-corrected chi connectivity index (χ0v) is 18.0. The van der Waals surface area contributed by atoms with E-state index < -0.39 is 5.91 Å². The third-order valence-corrected chi connectivity index (χ3v) is 5.39. The maximum absolute atomic E-state index is 13.2. The molecule has 1 unspecified atom stereocenters. The number of amides is 1. The minimum atomic E-state index is -0.415. The standard InChI is InChI=1S/C22H28FN3O3.ClH/c1-16-8-10-25(15-18-3-2-9-24-13-18)21(28)20(16)22(29)26(11-12-27)14-17-4-6-19(23)7-5-17;/h4-8,10,18,24,27H,2-3,9,11-15H2,1H3;1H. The van der Waals surface area contributed by atoms with Gasteiger partial charge < -0.3 is 19.9 Å². The van der Waals surface area contributed by atoms with Gasteiger partial charge in [-0.15, -0.1) is 12.4 Å². The number of aromatic nitrogens is 1. The maximum atomic E-state index is 13.2. The Morgan fingerprint density at radius 3 is 2.67 bits per heavy atom. The Bertz CT molecular complexity index is 895. The molecule has 2 heterocycles. The molecule has 164 valence electrons. The second-order valence-corrected chi connectivity index (χ2v) is 7.62. The molecule has 1 aliphatic heterocycles. The van der Waals surface area contributed by atoms with Crippen molar-refractivity contribution in [2.24, 2.45) is 5.92 Å².